The summed E-state index contributed by atoms with van der Waals surface area (Å²) in [6.07, 6.45) is 7.31. The van der Waals surface area contributed by atoms with Gasteiger partial charge in [0.15, 0.2) is 0 Å². The number of hydrogen-bond acceptors (Lipinski definition) is 0. The van der Waals surface area contributed by atoms with E-state index in [9.17, 15) is 0 Å². The molecule has 0 heteroatoms. The van der Waals surface area contributed by atoms with Gasteiger partial charge in [0.05, 0.1) is 0 Å². The predicted octanol–water partition coefficient (Wildman–Crippen LogP) is 2.81. The van der Waals surface area contributed by atoms with E-state index in [0.717, 1.165) is 18.3 Å². The summed E-state index contributed by atoms with van der Waals surface area (Å²) in [5.74, 6) is 1.63. The molecule has 0 aromatic carbocycles. The fourth-order valence-electron chi connectivity index (χ4n) is 1.73. The van der Waals surface area contributed by atoms with Crippen LogP contribution < -0.4 is 0 Å². The molecule has 0 bridgehead atoms. The first kappa shape index (κ1) is 6.85. The van der Waals surface area contributed by atoms with E-state index >= 15 is 0 Å². The third-order valence-electron chi connectivity index (χ3n) is 2.39. The summed E-state index contributed by atoms with van der Waals surface area (Å²) in [5, 5.41) is 0. The molecule has 0 nitrogen and oxygen atoms in total. The molecule has 1 fully saturated rings. The lowest BCUT2D eigenvalue weighted by Gasteiger charge is -2.11. The molecule has 1 aliphatic carbocycles. The average molecular weight is 123 g/mol. The predicted molar refractivity (Wildman–Crippen MR) is 41.0 cm³/mol. The van der Waals surface area contributed by atoms with E-state index in [4.69, 9.17) is 0 Å². The molecule has 1 rings (SSSR count). The van der Waals surface area contributed by atoms with E-state index in [2.05, 4.69) is 19.6 Å². The van der Waals surface area contributed by atoms with Crippen LogP contribution in [0.3, 0.4) is 0 Å². The van der Waals surface area contributed by atoms with Gasteiger partial charge in [0.2, 0.25) is 0 Å². The van der Waals surface area contributed by atoms with Gasteiger partial charge in [0, 0.05) is 0 Å². The first-order valence-corrected chi connectivity index (χ1v) is 3.80. The molecule has 51 valence electrons. The third kappa shape index (κ3) is 1.35. The Labute approximate surface area is 58.0 Å². The molecular weight excluding hydrogens is 108 g/mol. The van der Waals surface area contributed by atoms with Crippen LogP contribution in [0.1, 0.15) is 25.7 Å². The number of rotatable bonds is 2. The molecule has 0 N–H and O–H groups in total. The Morgan fingerprint density at radius 2 is 2.22 bits per heavy atom. The second kappa shape index (κ2) is 3.05. The van der Waals surface area contributed by atoms with Crippen LogP contribution in [0.15, 0.2) is 12.7 Å². The van der Waals surface area contributed by atoms with Crippen molar-refractivity contribution in [2.75, 3.05) is 0 Å². The molecule has 0 heterocycles. The molecule has 1 saturated carbocycles. The lowest BCUT2D eigenvalue weighted by atomic mass is 9.94. The summed E-state index contributed by atoms with van der Waals surface area (Å²) >= 11 is 0. The minimum absolute atomic E-state index is 0.780. The summed E-state index contributed by atoms with van der Waals surface area (Å²) in [6.45, 7) is 7.73. The quantitative estimate of drug-likeness (QED) is 0.495. The van der Waals surface area contributed by atoms with Crippen LogP contribution in [0.5, 0.6) is 0 Å². The van der Waals surface area contributed by atoms with Crippen molar-refractivity contribution in [2.45, 2.75) is 25.7 Å². The second-order valence-corrected chi connectivity index (χ2v) is 2.88. The first-order valence-electron chi connectivity index (χ1n) is 3.80. The molecule has 0 saturated heterocycles. The van der Waals surface area contributed by atoms with Crippen molar-refractivity contribution in [1.82, 2.24) is 0 Å². The highest BCUT2D eigenvalue weighted by Gasteiger charge is 2.22. The summed E-state index contributed by atoms with van der Waals surface area (Å²) in [7, 11) is 0. The summed E-state index contributed by atoms with van der Waals surface area (Å²) in [4.78, 5) is 0. The Balaban J connectivity index is 2.41. The van der Waals surface area contributed by atoms with Gasteiger partial charge in [-0.05, 0) is 31.1 Å². The van der Waals surface area contributed by atoms with Crippen molar-refractivity contribution in [2.24, 2.45) is 11.8 Å². The van der Waals surface area contributed by atoms with E-state index in [0.29, 0.717) is 0 Å². The van der Waals surface area contributed by atoms with Gasteiger partial charge in [-0.15, -0.1) is 6.58 Å². The SMILES string of the molecule is [CH2]CC1CCCC1C=C. The van der Waals surface area contributed by atoms with Gasteiger partial charge < -0.3 is 0 Å². The molecule has 0 aromatic rings. The fourth-order valence-corrected chi connectivity index (χ4v) is 1.73. The van der Waals surface area contributed by atoms with E-state index in [1.54, 1.807) is 0 Å². The Morgan fingerprint density at radius 3 is 2.67 bits per heavy atom. The molecular formula is C9H15. The topological polar surface area (TPSA) is 0 Å². The average Bonchev–Trinajstić information content (AvgIpc) is 2.33. The van der Waals surface area contributed by atoms with Crippen LogP contribution in [-0.2, 0) is 0 Å². The van der Waals surface area contributed by atoms with E-state index in [1.807, 2.05) is 0 Å². The minimum Gasteiger partial charge on any atom is -0.103 e. The molecule has 1 radical (unpaired) electrons. The van der Waals surface area contributed by atoms with Crippen LogP contribution in [0.4, 0.5) is 0 Å². The zero-order chi connectivity index (χ0) is 6.69. The van der Waals surface area contributed by atoms with Crippen LogP contribution in [0.2, 0.25) is 0 Å². The number of hydrogen-bond donors (Lipinski definition) is 0. The third-order valence-corrected chi connectivity index (χ3v) is 2.39. The Kier molecular flexibility index (Phi) is 2.32. The molecule has 2 atom stereocenters. The van der Waals surface area contributed by atoms with Crippen molar-refractivity contribution in [3.05, 3.63) is 19.6 Å². The molecule has 1 aliphatic rings. The van der Waals surface area contributed by atoms with Crippen LogP contribution in [-0.4, -0.2) is 0 Å². The summed E-state index contributed by atoms with van der Waals surface area (Å²) in [5.41, 5.74) is 0. The highest BCUT2D eigenvalue weighted by Crippen LogP contribution is 2.33. The van der Waals surface area contributed by atoms with Crippen molar-refractivity contribution >= 4 is 0 Å². The standard InChI is InChI=1S/C9H15/c1-3-8-6-5-7-9(8)4-2/h3,8-9H,1-2,4-7H2. The van der Waals surface area contributed by atoms with Gasteiger partial charge >= 0.3 is 0 Å². The Morgan fingerprint density at radius 1 is 1.44 bits per heavy atom. The van der Waals surface area contributed by atoms with Crippen molar-refractivity contribution < 1.29 is 0 Å². The molecule has 0 aromatic heterocycles. The highest BCUT2D eigenvalue weighted by atomic mass is 14.3. The molecule has 0 aliphatic heterocycles. The van der Waals surface area contributed by atoms with E-state index < -0.39 is 0 Å². The minimum atomic E-state index is 0.780. The Hall–Kier alpha value is -0.260. The number of allylic oxidation sites excluding steroid dienone is 1. The lowest BCUT2D eigenvalue weighted by molar-refractivity contribution is 0.463. The Bertz CT molecular complexity index is 94.2. The largest absolute Gasteiger partial charge is 0.103 e. The van der Waals surface area contributed by atoms with Crippen molar-refractivity contribution in [3.63, 3.8) is 0 Å². The molecule has 0 amide bonds. The first-order chi connectivity index (χ1) is 4.38. The van der Waals surface area contributed by atoms with Gasteiger partial charge in [-0.25, -0.2) is 0 Å². The maximum absolute atomic E-state index is 3.92. The van der Waals surface area contributed by atoms with Crippen LogP contribution >= 0.6 is 0 Å². The molecule has 2 unspecified atom stereocenters. The smallest absolute Gasteiger partial charge is 0.0208 e. The zero-order valence-corrected chi connectivity index (χ0v) is 5.97. The summed E-state index contributed by atoms with van der Waals surface area (Å²) in [6, 6.07) is 0. The maximum atomic E-state index is 3.92. The van der Waals surface area contributed by atoms with Gasteiger partial charge in [0.1, 0.15) is 0 Å². The normalized spacial score (nSPS) is 34.8. The van der Waals surface area contributed by atoms with Gasteiger partial charge in [-0.1, -0.05) is 19.4 Å². The van der Waals surface area contributed by atoms with Crippen LogP contribution in [0.25, 0.3) is 0 Å². The summed E-state index contributed by atoms with van der Waals surface area (Å²) < 4.78 is 0. The van der Waals surface area contributed by atoms with Gasteiger partial charge in [-0.3, -0.25) is 0 Å². The van der Waals surface area contributed by atoms with E-state index in [-0.39, 0.29) is 0 Å². The van der Waals surface area contributed by atoms with Crippen LogP contribution in [0, 0.1) is 18.8 Å². The molecule has 0 spiro atoms. The highest BCUT2D eigenvalue weighted by molar-refractivity contribution is 4.89. The zero-order valence-electron chi connectivity index (χ0n) is 5.97. The van der Waals surface area contributed by atoms with E-state index in [1.165, 1.54) is 19.3 Å². The van der Waals surface area contributed by atoms with Gasteiger partial charge in [-0.2, -0.15) is 0 Å². The monoisotopic (exact) mass is 123 g/mol. The molecule has 9 heavy (non-hydrogen) atoms. The van der Waals surface area contributed by atoms with Crippen molar-refractivity contribution in [3.8, 4) is 0 Å². The van der Waals surface area contributed by atoms with Crippen molar-refractivity contribution in [1.29, 1.82) is 0 Å². The van der Waals surface area contributed by atoms with Gasteiger partial charge in [0.25, 0.3) is 0 Å². The maximum Gasteiger partial charge on any atom is -0.0208 e. The second-order valence-electron chi connectivity index (χ2n) is 2.88. The fraction of sp³-hybridized carbons (Fsp3) is 0.667. The lowest BCUT2D eigenvalue weighted by Crippen LogP contribution is -2.02.